The highest BCUT2D eigenvalue weighted by Crippen LogP contribution is 2.33. The minimum absolute atomic E-state index is 0. The van der Waals surface area contributed by atoms with Gasteiger partial charge in [-0.2, -0.15) is 0 Å². The zero-order valence-corrected chi connectivity index (χ0v) is 14.7. The fourth-order valence-electron chi connectivity index (χ4n) is 2.29. The second-order valence-electron chi connectivity index (χ2n) is 4.86. The summed E-state index contributed by atoms with van der Waals surface area (Å²) in [6, 6.07) is 5.52. The van der Waals surface area contributed by atoms with Crippen molar-refractivity contribution in [3.63, 3.8) is 0 Å². The Morgan fingerprint density at radius 2 is 1.86 bits per heavy atom. The summed E-state index contributed by atoms with van der Waals surface area (Å²) in [5.41, 5.74) is 6.02. The first kappa shape index (κ1) is 20.5. The summed E-state index contributed by atoms with van der Waals surface area (Å²) < 4.78 is 0. The molecule has 0 aliphatic heterocycles. The molecule has 0 atom stereocenters. The highest BCUT2D eigenvalue weighted by molar-refractivity contribution is 6.42. The van der Waals surface area contributed by atoms with Gasteiger partial charge in [0, 0.05) is 6.42 Å². The Hall–Kier alpha value is -0.480. The maximum atomic E-state index is 12.0. The summed E-state index contributed by atoms with van der Waals surface area (Å²) in [6.07, 6.45) is 2.71. The molecule has 0 saturated heterocycles. The number of carbonyl (C=O) groups excluding carboxylic acids is 1. The van der Waals surface area contributed by atoms with E-state index in [0.29, 0.717) is 29.4 Å². The van der Waals surface area contributed by atoms with Crippen LogP contribution in [0.3, 0.4) is 0 Å². The highest BCUT2D eigenvalue weighted by Gasteiger charge is 2.30. The number of rotatable bonds is 7. The number of amides is 1. The average molecular weight is 354 g/mol. The van der Waals surface area contributed by atoms with Crippen LogP contribution >= 0.6 is 35.6 Å². The van der Waals surface area contributed by atoms with E-state index >= 15 is 0 Å². The van der Waals surface area contributed by atoms with Crippen molar-refractivity contribution >= 4 is 41.5 Å². The number of hydrogen-bond acceptors (Lipinski definition) is 2. The predicted octanol–water partition coefficient (Wildman–Crippen LogP) is 4.29. The SMILES string of the molecule is CCC(CC)(NC(=O)CCCN)c1ccc(Cl)c(Cl)c1.Cl. The van der Waals surface area contributed by atoms with E-state index in [2.05, 4.69) is 19.2 Å². The number of carbonyl (C=O) groups is 1. The smallest absolute Gasteiger partial charge is 0.220 e. The van der Waals surface area contributed by atoms with E-state index in [-0.39, 0.29) is 18.3 Å². The van der Waals surface area contributed by atoms with Crippen LogP contribution in [0.4, 0.5) is 0 Å². The molecular weight excluding hydrogens is 331 g/mol. The van der Waals surface area contributed by atoms with Crippen molar-refractivity contribution in [1.29, 1.82) is 0 Å². The summed E-state index contributed by atoms with van der Waals surface area (Å²) in [5, 5.41) is 4.16. The normalized spacial score (nSPS) is 10.9. The molecule has 0 radical (unpaired) electrons. The number of halogens is 3. The second kappa shape index (κ2) is 9.52. The monoisotopic (exact) mass is 352 g/mol. The van der Waals surface area contributed by atoms with Gasteiger partial charge in [0.15, 0.2) is 0 Å². The van der Waals surface area contributed by atoms with Crippen LogP contribution in [0.2, 0.25) is 10.0 Å². The topological polar surface area (TPSA) is 55.1 Å². The fourth-order valence-corrected chi connectivity index (χ4v) is 2.59. The molecule has 3 nitrogen and oxygen atoms in total. The van der Waals surface area contributed by atoms with Crippen LogP contribution in [0.25, 0.3) is 0 Å². The molecule has 0 saturated carbocycles. The van der Waals surface area contributed by atoms with Gasteiger partial charge in [-0.3, -0.25) is 4.79 Å². The Morgan fingerprint density at radius 1 is 1.24 bits per heavy atom. The lowest BCUT2D eigenvalue weighted by atomic mass is 9.84. The minimum Gasteiger partial charge on any atom is -0.347 e. The quantitative estimate of drug-likeness (QED) is 0.768. The maximum Gasteiger partial charge on any atom is 0.220 e. The van der Waals surface area contributed by atoms with Gasteiger partial charge in [0.25, 0.3) is 0 Å². The van der Waals surface area contributed by atoms with Crippen molar-refractivity contribution in [2.45, 2.75) is 45.1 Å². The molecule has 0 bridgehead atoms. The van der Waals surface area contributed by atoms with Gasteiger partial charge in [0.1, 0.15) is 0 Å². The van der Waals surface area contributed by atoms with Crippen molar-refractivity contribution in [2.24, 2.45) is 5.73 Å². The Labute approximate surface area is 143 Å². The number of nitrogens with one attached hydrogen (secondary N) is 1. The summed E-state index contributed by atoms with van der Waals surface area (Å²) in [6.45, 7) is 4.62. The molecule has 6 heteroatoms. The lowest BCUT2D eigenvalue weighted by Crippen LogP contribution is -2.45. The first-order valence-corrected chi connectivity index (χ1v) is 7.71. The van der Waals surface area contributed by atoms with Gasteiger partial charge in [-0.25, -0.2) is 0 Å². The van der Waals surface area contributed by atoms with Gasteiger partial charge in [-0.1, -0.05) is 43.1 Å². The van der Waals surface area contributed by atoms with E-state index in [1.165, 1.54) is 0 Å². The van der Waals surface area contributed by atoms with E-state index in [1.54, 1.807) is 6.07 Å². The van der Waals surface area contributed by atoms with Gasteiger partial charge in [-0.15, -0.1) is 12.4 Å². The Balaban J connectivity index is 0.00000400. The minimum atomic E-state index is -0.403. The molecule has 0 aliphatic carbocycles. The van der Waals surface area contributed by atoms with E-state index in [9.17, 15) is 4.79 Å². The van der Waals surface area contributed by atoms with Crippen molar-refractivity contribution in [3.8, 4) is 0 Å². The van der Waals surface area contributed by atoms with Crippen molar-refractivity contribution < 1.29 is 4.79 Å². The molecule has 1 amide bonds. The molecule has 1 aromatic rings. The summed E-state index contributed by atoms with van der Waals surface area (Å²) in [5.74, 6) is 0.0187. The molecule has 3 N–H and O–H groups in total. The highest BCUT2D eigenvalue weighted by atomic mass is 35.5. The fraction of sp³-hybridized carbons (Fsp3) is 0.533. The Bertz CT molecular complexity index is 462. The average Bonchev–Trinajstić information content (AvgIpc) is 2.45. The molecule has 120 valence electrons. The van der Waals surface area contributed by atoms with Crippen molar-refractivity contribution in [1.82, 2.24) is 5.32 Å². The van der Waals surface area contributed by atoms with Crippen LogP contribution in [0.15, 0.2) is 18.2 Å². The first-order chi connectivity index (χ1) is 9.49. The van der Waals surface area contributed by atoms with E-state index in [0.717, 1.165) is 18.4 Å². The zero-order chi connectivity index (χ0) is 15.2. The lowest BCUT2D eigenvalue weighted by Gasteiger charge is -2.34. The largest absolute Gasteiger partial charge is 0.347 e. The Kier molecular flexibility index (Phi) is 9.30. The molecule has 0 fully saturated rings. The summed E-state index contributed by atoms with van der Waals surface area (Å²) in [4.78, 5) is 12.0. The standard InChI is InChI=1S/C15H22Cl2N2O.ClH/c1-3-15(4-2,19-14(20)6-5-9-18)11-7-8-12(16)13(17)10-11;/h7-8,10H,3-6,9,18H2,1-2H3,(H,19,20);1H. The van der Waals surface area contributed by atoms with Gasteiger partial charge in [0.05, 0.1) is 15.6 Å². The van der Waals surface area contributed by atoms with Crippen molar-refractivity contribution in [3.05, 3.63) is 33.8 Å². The molecule has 0 aliphatic rings. The molecule has 0 heterocycles. The molecule has 1 aromatic carbocycles. The van der Waals surface area contributed by atoms with Gasteiger partial charge in [0.2, 0.25) is 5.91 Å². The van der Waals surface area contributed by atoms with Gasteiger partial charge in [-0.05, 0) is 43.5 Å². The summed E-state index contributed by atoms with van der Waals surface area (Å²) >= 11 is 12.1. The van der Waals surface area contributed by atoms with E-state index in [1.807, 2.05) is 12.1 Å². The third-order valence-electron chi connectivity index (χ3n) is 3.67. The summed E-state index contributed by atoms with van der Waals surface area (Å²) in [7, 11) is 0. The molecule has 0 spiro atoms. The van der Waals surface area contributed by atoms with Crippen LogP contribution in [-0.2, 0) is 10.3 Å². The van der Waals surface area contributed by atoms with Crippen molar-refractivity contribution in [2.75, 3.05) is 6.54 Å². The Morgan fingerprint density at radius 3 is 2.33 bits per heavy atom. The second-order valence-corrected chi connectivity index (χ2v) is 5.67. The number of benzene rings is 1. The van der Waals surface area contributed by atoms with Crippen LogP contribution in [0.1, 0.15) is 45.1 Å². The lowest BCUT2D eigenvalue weighted by molar-refractivity contribution is -0.123. The maximum absolute atomic E-state index is 12.0. The van der Waals surface area contributed by atoms with Crippen LogP contribution in [0.5, 0.6) is 0 Å². The van der Waals surface area contributed by atoms with Crippen LogP contribution in [0, 0.1) is 0 Å². The molecule has 1 rings (SSSR count). The molecular formula is C15H23Cl3N2O. The molecule has 21 heavy (non-hydrogen) atoms. The predicted molar refractivity (Wildman–Crippen MR) is 92.4 cm³/mol. The third-order valence-corrected chi connectivity index (χ3v) is 4.40. The third kappa shape index (κ3) is 5.33. The number of hydrogen-bond donors (Lipinski definition) is 2. The van der Waals surface area contributed by atoms with Gasteiger partial charge < -0.3 is 11.1 Å². The van der Waals surface area contributed by atoms with Crippen LogP contribution < -0.4 is 11.1 Å². The zero-order valence-electron chi connectivity index (χ0n) is 12.4. The van der Waals surface area contributed by atoms with Gasteiger partial charge >= 0.3 is 0 Å². The van der Waals surface area contributed by atoms with E-state index in [4.69, 9.17) is 28.9 Å². The van der Waals surface area contributed by atoms with Crippen LogP contribution in [-0.4, -0.2) is 12.5 Å². The first-order valence-electron chi connectivity index (χ1n) is 6.95. The molecule has 0 aromatic heterocycles. The van der Waals surface area contributed by atoms with E-state index < -0.39 is 5.54 Å². The number of nitrogens with two attached hydrogens (primary N) is 1. The molecule has 0 unspecified atom stereocenters.